The van der Waals surface area contributed by atoms with Gasteiger partial charge in [0, 0.05) is 25.3 Å². The molecule has 0 bridgehead atoms. The Morgan fingerprint density at radius 3 is 2.54 bits per heavy atom. The van der Waals surface area contributed by atoms with Crippen LogP contribution >= 0.6 is 0 Å². The van der Waals surface area contributed by atoms with E-state index in [1.807, 2.05) is 12.1 Å². The van der Waals surface area contributed by atoms with Gasteiger partial charge < -0.3 is 15.1 Å². The van der Waals surface area contributed by atoms with Crippen molar-refractivity contribution in [1.29, 1.82) is 0 Å². The summed E-state index contributed by atoms with van der Waals surface area (Å²) in [6.45, 7) is 5.62. The van der Waals surface area contributed by atoms with Gasteiger partial charge in [0.05, 0.1) is 17.9 Å². The lowest BCUT2D eigenvalue weighted by molar-refractivity contribution is -0.116. The van der Waals surface area contributed by atoms with E-state index in [9.17, 15) is 4.79 Å². The lowest BCUT2D eigenvalue weighted by Crippen LogP contribution is -2.34. The van der Waals surface area contributed by atoms with E-state index in [0.717, 1.165) is 38.2 Å². The van der Waals surface area contributed by atoms with Gasteiger partial charge in [0.15, 0.2) is 0 Å². The first-order chi connectivity index (χ1) is 12.8. The number of carbonyl (C=O) groups is 1. The van der Waals surface area contributed by atoms with Crippen LogP contribution in [0.2, 0.25) is 0 Å². The first-order valence-corrected chi connectivity index (χ1v) is 10.4. The molecule has 0 aromatic heterocycles. The highest BCUT2D eigenvalue weighted by Gasteiger charge is 2.17. The van der Waals surface area contributed by atoms with Crippen molar-refractivity contribution in [3.05, 3.63) is 36.0 Å². The molecule has 26 heavy (non-hydrogen) atoms. The Bertz CT molecular complexity index is 618. The second-order valence-corrected chi connectivity index (χ2v) is 7.42. The number of benzene rings is 1. The predicted molar refractivity (Wildman–Crippen MR) is 110 cm³/mol. The van der Waals surface area contributed by atoms with Crippen LogP contribution in [-0.4, -0.2) is 37.0 Å². The summed E-state index contributed by atoms with van der Waals surface area (Å²) in [5.74, 6) is 0.0839. The van der Waals surface area contributed by atoms with Crippen molar-refractivity contribution < 1.29 is 4.79 Å². The van der Waals surface area contributed by atoms with Crippen molar-refractivity contribution in [2.24, 2.45) is 0 Å². The van der Waals surface area contributed by atoms with Crippen LogP contribution in [0, 0.1) is 0 Å². The lowest BCUT2D eigenvalue weighted by atomic mass is 10.0. The fourth-order valence-electron chi connectivity index (χ4n) is 4.05. The molecule has 4 heteroatoms. The molecule has 0 saturated carbocycles. The van der Waals surface area contributed by atoms with Gasteiger partial charge in [-0.1, -0.05) is 31.1 Å². The van der Waals surface area contributed by atoms with Crippen LogP contribution in [0.25, 0.3) is 0 Å². The summed E-state index contributed by atoms with van der Waals surface area (Å²) in [5.41, 5.74) is 3.46. The minimum absolute atomic E-state index is 0.0839. The van der Waals surface area contributed by atoms with Gasteiger partial charge in [0.2, 0.25) is 5.91 Å². The topological polar surface area (TPSA) is 35.6 Å². The third kappa shape index (κ3) is 5.03. The first kappa shape index (κ1) is 18.8. The summed E-state index contributed by atoms with van der Waals surface area (Å²) in [6, 6.07) is 8.26. The predicted octanol–water partition coefficient (Wildman–Crippen LogP) is 4.79. The zero-order valence-electron chi connectivity index (χ0n) is 16.2. The Hall–Kier alpha value is -1.97. The van der Waals surface area contributed by atoms with Gasteiger partial charge in [-0.3, -0.25) is 4.79 Å². The van der Waals surface area contributed by atoms with E-state index in [0.29, 0.717) is 6.54 Å². The number of anilines is 2. The average molecular weight is 356 g/mol. The van der Waals surface area contributed by atoms with Gasteiger partial charge in [0.1, 0.15) is 0 Å². The lowest BCUT2D eigenvalue weighted by Gasteiger charge is -2.29. The molecule has 1 heterocycles. The maximum Gasteiger partial charge on any atom is 0.243 e. The molecule has 2 aliphatic rings. The van der Waals surface area contributed by atoms with Crippen LogP contribution < -0.4 is 10.2 Å². The van der Waals surface area contributed by atoms with Crippen LogP contribution in [0.4, 0.5) is 11.4 Å². The van der Waals surface area contributed by atoms with Crippen molar-refractivity contribution in [2.75, 3.05) is 36.4 Å². The van der Waals surface area contributed by atoms with Gasteiger partial charge >= 0.3 is 0 Å². The van der Waals surface area contributed by atoms with Gasteiger partial charge in [-0.25, -0.2) is 0 Å². The van der Waals surface area contributed by atoms with E-state index < -0.39 is 0 Å². The molecule has 1 aromatic carbocycles. The van der Waals surface area contributed by atoms with Gasteiger partial charge in [0.25, 0.3) is 0 Å². The van der Waals surface area contributed by atoms with Gasteiger partial charge in [-0.15, -0.1) is 0 Å². The first-order valence-electron chi connectivity index (χ1n) is 10.4. The third-order valence-electron chi connectivity index (χ3n) is 5.51. The maximum atomic E-state index is 12.7. The number of carbonyl (C=O) groups excluding carboxylic acids is 1. The number of hydrogen-bond acceptors (Lipinski definition) is 3. The Kier molecular flexibility index (Phi) is 6.98. The standard InChI is InChI=1S/C22H33N3O/c1-2-24(19-12-6-5-7-13-19)18-22(26)23-20-14-8-9-15-21(20)25-16-10-3-4-11-17-25/h8-9,12,14-15H,2-7,10-11,13,16-18H2,1H3,(H,23,26). The number of para-hydroxylation sites is 2. The number of hydrogen-bond donors (Lipinski definition) is 1. The molecule has 1 fully saturated rings. The van der Waals surface area contributed by atoms with E-state index in [1.54, 1.807) is 0 Å². The monoisotopic (exact) mass is 355 g/mol. The fourth-order valence-corrected chi connectivity index (χ4v) is 4.05. The summed E-state index contributed by atoms with van der Waals surface area (Å²) in [4.78, 5) is 17.4. The number of allylic oxidation sites excluding steroid dienone is 2. The molecule has 1 aromatic rings. The molecule has 4 nitrogen and oxygen atoms in total. The molecule has 1 aliphatic carbocycles. The molecular weight excluding hydrogens is 322 g/mol. The van der Waals surface area contributed by atoms with Crippen molar-refractivity contribution in [3.63, 3.8) is 0 Å². The van der Waals surface area contributed by atoms with Crippen molar-refractivity contribution >= 4 is 17.3 Å². The average Bonchev–Trinajstić information content (AvgIpc) is 2.96. The fraction of sp³-hybridized carbons (Fsp3) is 0.591. The van der Waals surface area contributed by atoms with Crippen LogP contribution in [-0.2, 0) is 4.79 Å². The van der Waals surface area contributed by atoms with E-state index in [4.69, 9.17) is 0 Å². The number of nitrogens with one attached hydrogen (secondary N) is 1. The number of rotatable bonds is 6. The van der Waals surface area contributed by atoms with E-state index in [2.05, 4.69) is 40.2 Å². The van der Waals surface area contributed by atoms with Crippen LogP contribution in [0.15, 0.2) is 36.0 Å². The largest absolute Gasteiger partial charge is 0.370 e. The molecule has 1 aliphatic heterocycles. The highest BCUT2D eigenvalue weighted by atomic mass is 16.2. The molecule has 1 N–H and O–H groups in total. The SMILES string of the molecule is CCN(CC(=O)Nc1ccccc1N1CCCCCC1)C1=CCCCC1. The highest BCUT2D eigenvalue weighted by molar-refractivity contribution is 5.95. The van der Waals surface area contributed by atoms with Crippen LogP contribution in [0.3, 0.4) is 0 Å². The minimum atomic E-state index is 0.0839. The van der Waals surface area contributed by atoms with E-state index >= 15 is 0 Å². The zero-order valence-corrected chi connectivity index (χ0v) is 16.2. The minimum Gasteiger partial charge on any atom is -0.370 e. The van der Waals surface area contributed by atoms with Crippen molar-refractivity contribution in [3.8, 4) is 0 Å². The Labute approximate surface area is 158 Å². The second-order valence-electron chi connectivity index (χ2n) is 7.42. The van der Waals surface area contributed by atoms with Crippen LogP contribution in [0.1, 0.15) is 58.3 Å². The number of amides is 1. The summed E-state index contributed by atoms with van der Waals surface area (Å²) in [7, 11) is 0. The van der Waals surface area contributed by atoms with Crippen LogP contribution in [0.5, 0.6) is 0 Å². The maximum absolute atomic E-state index is 12.7. The Morgan fingerprint density at radius 1 is 1.08 bits per heavy atom. The normalized spacial score (nSPS) is 18.0. The Balaban J connectivity index is 1.66. The van der Waals surface area contributed by atoms with E-state index in [-0.39, 0.29) is 5.91 Å². The second kappa shape index (κ2) is 9.65. The highest BCUT2D eigenvalue weighted by Crippen LogP contribution is 2.28. The smallest absolute Gasteiger partial charge is 0.243 e. The number of likely N-dealkylation sites (N-methyl/N-ethyl adjacent to an activating group) is 1. The number of nitrogens with zero attached hydrogens (tertiary/aromatic N) is 2. The van der Waals surface area contributed by atoms with Gasteiger partial charge in [-0.05, 0) is 57.6 Å². The van der Waals surface area contributed by atoms with Gasteiger partial charge in [-0.2, -0.15) is 0 Å². The van der Waals surface area contributed by atoms with E-state index in [1.165, 1.54) is 49.9 Å². The molecular formula is C22H33N3O. The zero-order chi connectivity index (χ0) is 18.2. The quantitative estimate of drug-likeness (QED) is 0.797. The summed E-state index contributed by atoms with van der Waals surface area (Å²) in [6.07, 6.45) is 12.2. The molecule has 0 radical (unpaired) electrons. The Morgan fingerprint density at radius 2 is 1.85 bits per heavy atom. The molecule has 3 rings (SSSR count). The molecule has 1 amide bonds. The van der Waals surface area contributed by atoms with Crippen molar-refractivity contribution in [1.82, 2.24) is 4.90 Å². The molecule has 0 atom stereocenters. The molecule has 0 spiro atoms. The van der Waals surface area contributed by atoms with Crippen molar-refractivity contribution in [2.45, 2.75) is 58.3 Å². The molecule has 1 saturated heterocycles. The third-order valence-corrected chi connectivity index (χ3v) is 5.51. The molecule has 0 unspecified atom stereocenters. The molecule has 142 valence electrons. The summed E-state index contributed by atoms with van der Waals surface area (Å²) >= 11 is 0. The summed E-state index contributed by atoms with van der Waals surface area (Å²) < 4.78 is 0. The summed E-state index contributed by atoms with van der Waals surface area (Å²) in [5, 5.41) is 3.18.